The molecule has 2 atom stereocenters. The summed E-state index contributed by atoms with van der Waals surface area (Å²) in [6.07, 6.45) is 8.30. The van der Waals surface area contributed by atoms with Gasteiger partial charge in [0, 0.05) is 18.2 Å². The summed E-state index contributed by atoms with van der Waals surface area (Å²) in [5, 5.41) is 0. The lowest BCUT2D eigenvalue weighted by molar-refractivity contribution is 0.198. The van der Waals surface area contributed by atoms with E-state index in [1.807, 2.05) is 0 Å². The second-order valence-electron chi connectivity index (χ2n) is 9.76. The highest BCUT2D eigenvalue weighted by molar-refractivity contribution is 5.77. The van der Waals surface area contributed by atoms with Crippen molar-refractivity contribution >= 4 is 11.0 Å². The summed E-state index contributed by atoms with van der Waals surface area (Å²) in [5.74, 6) is 1.53. The molecule has 1 aliphatic carbocycles. The molecule has 1 unspecified atom stereocenters. The third-order valence-electron chi connectivity index (χ3n) is 7.45. The van der Waals surface area contributed by atoms with Crippen molar-refractivity contribution in [2.75, 3.05) is 6.54 Å². The fraction of sp³-hybridized carbons (Fsp3) is 0.393. The van der Waals surface area contributed by atoms with Gasteiger partial charge in [-0.1, -0.05) is 42.0 Å². The largest absolute Gasteiger partial charge is 0.359 e. The van der Waals surface area contributed by atoms with Crippen LogP contribution in [0.2, 0.25) is 0 Å². The lowest BCUT2D eigenvalue weighted by Gasteiger charge is -2.39. The van der Waals surface area contributed by atoms with Gasteiger partial charge in [-0.15, -0.1) is 0 Å². The Hall–Kier alpha value is -2.81. The monoisotopic (exact) mass is 411 g/mol. The van der Waals surface area contributed by atoms with Gasteiger partial charge in [-0.3, -0.25) is 0 Å². The SMILES string of the molecule is CC1=CCC(c2cccc(C)c2)C=C1N1CCC[C@@]1(C)c1nc2cc(C)c(C)cc2[nH]1. The van der Waals surface area contributed by atoms with Crippen molar-refractivity contribution in [3.8, 4) is 0 Å². The van der Waals surface area contributed by atoms with E-state index in [2.05, 4.69) is 93.1 Å². The number of hydrogen-bond acceptors (Lipinski definition) is 2. The normalized spacial score (nSPS) is 23.9. The van der Waals surface area contributed by atoms with Gasteiger partial charge in [-0.05, 0) is 88.3 Å². The zero-order chi connectivity index (χ0) is 21.8. The van der Waals surface area contributed by atoms with Crippen molar-refractivity contribution in [1.82, 2.24) is 14.9 Å². The highest BCUT2D eigenvalue weighted by Crippen LogP contribution is 2.44. The Labute approximate surface area is 185 Å². The number of H-pyrrole nitrogens is 1. The van der Waals surface area contributed by atoms with E-state index in [4.69, 9.17) is 4.98 Å². The van der Waals surface area contributed by atoms with Gasteiger partial charge in [0.1, 0.15) is 5.82 Å². The number of fused-ring (bicyclic) bond motifs is 1. The molecule has 0 amide bonds. The fourth-order valence-electron chi connectivity index (χ4n) is 5.35. The molecule has 5 rings (SSSR count). The van der Waals surface area contributed by atoms with Crippen LogP contribution in [-0.2, 0) is 5.54 Å². The van der Waals surface area contributed by atoms with E-state index < -0.39 is 0 Å². The predicted molar refractivity (Wildman–Crippen MR) is 129 cm³/mol. The number of hydrogen-bond donors (Lipinski definition) is 1. The summed E-state index contributed by atoms with van der Waals surface area (Å²) >= 11 is 0. The number of rotatable bonds is 3. The van der Waals surface area contributed by atoms with Crippen molar-refractivity contribution < 1.29 is 0 Å². The lowest BCUT2D eigenvalue weighted by Crippen LogP contribution is -2.39. The molecular formula is C28H33N3. The van der Waals surface area contributed by atoms with Crippen molar-refractivity contribution in [2.45, 2.75) is 65.3 Å². The summed E-state index contributed by atoms with van der Waals surface area (Å²) in [4.78, 5) is 11.4. The Morgan fingerprint density at radius 3 is 2.68 bits per heavy atom. The first-order valence-electron chi connectivity index (χ1n) is 11.6. The minimum Gasteiger partial charge on any atom is -0.359 e. The maximum absolute atomic E-state index is 5.08. The second kappa shape index (κ2) is 7.40. The molecule has 3 heteroatoms. The van der Waals surface area contributed by atoms with E-state index >= 15 is 0 Å². The average Bonchev–Trinajstić information content (AvgIpc) is 3.33. The Balaban J connectivity index is 1.55. The molecule has 1 fully saturated rings. The standard InChI is InChI=1S/C28H33N3/c1-18-8-6-9-22(14-18)23-11-10-19(2)26(17-23)31-13-7-12-28(31,5)27-29-24-15-20(3)21(4)16-25(24)30-27/h6,8-10,14-17,23H,7,11-13H2,1-5H3,(H,29,30)/t23?,28-/m0/s1. The smallest absolute Gasteiger partial charge is 0.132 e. The summed E-state index contributed by atoms with van der Waals surface area (Å²) in [7, 11) is 0. The van der Waals surface area contributed by atoms with E-state index in [0.29, 0.717) is 5.92 Å². The van der Waals surface area contributed by atoms with E-state index in [0.717, 1.165) is 36.2 Å². The molecule has 1 aromatic heterocycles. The van der Waals surface area contributed by atoms with Gasteiger partial charge in [0.25, 0.3) is 0 Å². The number of aromatic nitrogens is 2. The van der Waals surface area contributed by atoms with E-state index in [1.165, 1.54) is 39.9 Å². The summed E-state index contributed by atoms with van der Waals surface area (Å²) < 4.78 is 0. The van der Waals surface area contributed by atoms with Crippen LogP contribution >= 0.6 is 0 Å². The molecule has 2 aromatic carbocycles. The lowest BCUT2D eigenvalue weighted by atomic mass is 9.86. The van der Waals surface area contributed by atoms with Crippen molar-refractivity contribution in [3.63, 3.8) is 0 Å². The Morgan fingerprint density at radius 2 is 1.87 bits per heavy atom. The van der Waals surface area contributed by atoms with Crippen LogP contribution in [0.25, 0.3) is 11.0 Å². The van der Waals surface area contributed by atoms with E-state index in [-0.39, 0.29) is 5.54 Å². The number of aryl methyl sites for hydroxylation is 3. The molecule has 3 aromatic rings. The molecule has 1 aliphatic heterocycles. The van der Waals surface area contributed by atoms with Crippen LogP contribution in [0, 0.1) is 20.8 Å². The van der Waals surface area contributed by atoms with Crippen LogP contribution < -0.4 is 0 Å². The van der Waals surface area contributed by atoms with Gasteiger partial charge in [0.05, 0.1) is 16.6 Å². The molecule has 2 aliphatic rings. The molecular weight excluding hydrogens is 378 g/mol. The van der Waals surface area contributed by atoms with Crippen LogP contribution in [-0.4, -0.2) is 21.4 Å². The number of allylic oxidation sites excluding steroid dienone is 3. The molecule has 0 spiro atoms. The molecule has 1 N–H and O–H groups in total. The third-order valence-corrected chi connectivity index (χ3v) is 7.45. The first-order valence-corrected chi connectivity index (χ1v) is 11.6. The molecule has 3 nitrogen and oxygen atoms in total. The molecule has 160 valence electrons. The maximum atomic E-state index is 5.08. The topological polar surface area (TPSA) is 31.9 Å². The number of likely N-dealkylation sites (tertiary alicyclic amines) is 1. The fourth-order valence-corrected chi connectivity index (χ4v) is 5.35. The minimum atomic E-state index is -0.115. The first kappa shape index (κ1) is 20.1. The summed E-state index contributed by atoms with van der Waals surface area (Å²) in [5.41, 5.74) is 10.2. The third kappa shape index (κ3) is 3.40. The van der Waals surface area contributed by atoms with Gasteiger partial charge < -0.3 is 9.88 Å². The minimum absolute atomic E-state index is 0.115. The summed E-state index contributed by atoms with van der Waals surface area (Å²) in [6.45, 7) is 12.2. The van der Waals surface area contributed by atoms with Gasteiger partial charge in [-0.25, -0.2) is 4.98 Å². The van der Waals surface area contributed by atoms with Gasteiger partial charge in [-0.2, -0.15) is 0 Å². The number of aromatic amines is 1. The highest BCUT2D eigenvalue weighted by atomic mass is 15.3. The van der Waals surface area contributed by atoms with Gasteiger partial charge in [0.2, 0.25) is 0 Å². The van der Waals surface area contributed by atoms with Gasteiger partial charge >= 0.3 is 0 Å². The quantitative estimate of drug-likeness (QED) is 0.513. The van der Waals surface area contributed by atoms with Crippen molar-refractivity contribution in [2.24, 2.45) is 0 Å². The molecule has 0 saturated carbocycles. The molecule has 0 radical (unpaired) electrons. The van der Waals surface area contributed by atoms with Crippen molar-refractivity contribution in [1.29, 1.82) is 0 Å². The Morgan fingerprint density at radius 1 is 1.06 bits per heavy atom. The zero-order valence-electron chi connectivity index (χ0n) is 19.4. The predicted octanol–water partition coefficient (Wildman–Crippen LogP) is 6.82. The van der Waals surface area contributed by atoms with Crippen LogP contribution in [0.4, 0.5) is 0 Å². The highest BCUT2D eigenvalue weighted by Gasteiger charge is 2.42. The molecule has 0 bridgehead atoms. The van der Waals surface area contributed by atoms with Gasteiger partial charge in [0.15, 0.2) is 0 Å². The summed E-state index contributed by atoms with van der Waals surface area (Å²) in [6, 6.07) is 13.4. The number of imidazole rings is 1. The maximum Gasteiger partial charge on any atom is 0.132 e. The van der Waals surface area contributed by atoms with E-state index in [1.54, 1.807) is 0 Å². The van der Waals surface area contributed by atoms with Crippen molar-refractivity contribution in [3.05, 3.63) is 87.9 Å². The second-order valence-corrected chi connectivity index (χ2v) is 9.76. The first-order chi connectivity index (χ1) is 14.8. The average molecular weight is 412 g/mol. The van der Waals surface area contributed by atoms with Crippen LogP contribution in [0.15, 0.2) is 59.8 Å². The number of benzene rings is 2. The number of nitrogens with zero attached hydrogens (tertiary/aromatic N) is 2. The van der Waals surface area contributed by atoms with Crippen LogP contribution in [0.5, 0.6) is 0 Å². The molecule has 2 heterocycles. The Bertz CT molecular complexity index is 1170. The zero-order valence-corrected chi connectivity index (χ0v) is 19.4. The number of nitrogens with one attached hydrogen (secondary N) is 1. The van der Waals surface area contributed by atoms with Crippen LogP contribution in [0.1, 0.15) is 67.1 Å². The molecule has 31 heavy (non-hydrogen) atoms. The van der Waals surface area contributed by atoms with E-state index in [9.17, 15) is 0 Å². The van der Waals surface area contributed by atoms with Crippen LogP contribution in [0.3, 0.4) is 0 Å². The Kier molecular flexibility index (Phi) is 4.80. The molecule has 1 saturated heterocycles.